The molecular weight excluding hydrogens is 300 g/mol. The van der Waals surface area contributed by atoms with Crippen molar-refractivity contribution in [2.45, 2.75) is 6.92 Å². The SMILES string of the molecule is CNCC(C)C(=O)Nc1ccc(-c2nc3ccccc3n2C)cc1. The average molecular weight is 322 g/mol. The van der Waals surface area contributed by atoms with E-state index in [4.69, 9.17) is 4.98 Å². The molecule has 2 aromatic carbocycles. The molecule has 0 aliphatic rings. The summed E-state index contributed by atoms with van der Waals surface area (Å²) in [6.07, 6.45) is 0. The number of fused-ring (bicyclic) bond motifs is 1. The smallest absolute Gasteiger partial charge is 0.228 e. The van der Waals surface area contributed by atoms with Crippen molar-refractivity contribution in [3.8, 4) is 11.4 Å². The van der Waals surface area contributed by atoms with Gasteiger partial charge in [-0.15, -0.1) is 0 Å². The molecule has 5 heteroatoms. The molecular formula is C19H22N4O. The second kappa shape index (κ2) is 6.84. The second-order valence-corrected chi connectivity index (χ2v) is 6.01. The van der Waals surface area contributed by atoms with Gasteiger partial charge in [-0.2, -0.15) is 0 Å². The summed E-state index contributed by atoms with van der Waals surface area (Å²) < 4.78 is 2.08. The van der Waals surface area contributed by atoms with Crippen molar-refractivity contribution < 1.29 is 4.79 Å². The normalized spacial score (nSPS) is 12.3. The Labute approximate surface area is 141 Å². The van der Waals surface area contributed by atoms with Crippen LogP contribution in [0, 0.1) is 5.92 Å². The van der Waals surface area contributed by atoms with Crippen molar-refractivity contribution in [3.05, 3.63) is 48.5 Å². The van der Waals surface area contributed by atoms with Gasteiger partial charge in [0, 0.05) is 30.8 Å². The van der Waals surface area contributed by atoms with Crippen LogP contribution >= 0.6 is 0 Å². The summed E-state index contributed by atoms with van der Waals surface area (Å²) in [5.41, 5.74) is 3.90. The van der Waals surface area contributed by atoms with Crippen molar-refractivity contribution in [2.24, 2.45) is 13.0 Å². The second-order valence-electron chi connectivity index (χ2n) is 6.01. The lowest BCUT2D eigenvalue weighted by molar-refractivity contribution is -0.119. The van der Waals surface area contributed by atoms with Crippen LogP contribution in [0.3, 0.4) is 0 Å². The molecule has 0 saturated carbocycles. The Morgan fingerprint density at radius 2 is 1.88 bits per heavy atom. The summed E-state index contributed by atoms with van der Waals surface area (Å²) in [6, 6.07) is 15.9. The van der Waals surface area contributed by atoms with Crippen LogP contribution in [0.2, 0.25) is 0 Å². The van der Waals surface area contributed by atoms with Gasteiger partial charge in [-0.1, -0.05) is 19.1 Å². The predicted molar refractivity (Wildman–Crippen MR) is 97.9 cm³/mol. The predicted octanol–water partition coefficient (Wildman–Crippen LogP) is 3.03. The number of rotatable bonds is 5. The van der Waals surface area contributed by atoms with Crippen LogP contribution < -0.4 is 10.6 Å². The number of nitrogens with one attached hydrogen (secondary N) is 2. The Hall–Kier alpha value is -2.66. The number of amides is 1. The van der Waals surface area contributed by atoms with Gasteiger partial charge >= 0.3 is 0 Å². The van der Waals surface area contributed by atoms with E-state index in [0.717, 1.165) is 28.1 Å². The van der Waals surface area contributed by atoms with E-state index in [1.807, 2.05) is 63.5 Å². The Kier molecular flexibility index (Phi) is 4.62. The first kappa shape index (κ1) is 16.2. The van der Waals surface area contributed by atoms with Crippen LogP contribution in [0.1, 0.15) is 6.92 Å². The van der Waals surface area contributed by atoms with E-state index in [1.54, 1.807) is 0 Å². The van der Waals surface area contributed by atoms with Crippen LogP contribution in [-0.4, -0.2) is 29.1 Å². The molecule has 0 radical (unpaired) electrons. The lowest BCUT2D eigenvalue weighted by Gasteiger charge is -2.12. The van der Waals surface area contributed by atoms with Gasteiger partial charge in [0.05, 0.1) is 11.0 Å². The van der Waals surface area contributed by atoms with Crippen molar-refractivity contribution in [1.29, 1.82) is 0 Å². The van der Waals surface area contributed by atoms with E-state index >= 15 is 0 Å². The first-order valence-corrected chi connectivity index (χ1v) is 8.07. The highest BCUT2D eigenvalue weighted by Crippen LogP contribution is 2.24. The Balaban J connectivity index is 1.81. The zero-order chi connectivity index (χ0) is 17.1. The minimum absolute atomic E-state index is 0.0137. The Bertz CT molecular complexity index is 851. The molecule has 0 saturated heterocycles. The third kappa shape index (κ3) is 3.16. The van der Waals surface area contributed by atoms with Crippen molar-refractivity contribution >= 4 is 22.6 Å². The van der Waals surface area contributed by atoms with E-state index in [1.165, 1.54) is 0 Å². The summed E-state index contributed by atoms with van der Waals surface area (Å²) in [5.74, 6) is 0.854. The third-order valence-corrected chi connectivity index (χ3v) is 4.16. The number of anilines is 1. The first-order valence-electron chi connectivity index (χ1n) is 8.07. The van der Waals surface area contributed by atoms with E-state index in [2.05, 4.69) is 21.3 Å². The average Bonchev–Trinajstić information content (AvgIpc) is 2.93. The quantitative estimate of drug-likeness (QED) is 0.759. The topological polar surface area (TPSA) is 59.0 Å². The van der Waals surface area contributed by atoms with Gasteiger partial charge in [0.15, 0.2) is 0 Å². The molecule has 0 aliphatic heterocycles. The number of imidazole rings is 1. The van der Waals surface area contributed by atoms with Crippen molar-refractivity contribution in [1.82, 2.24) is 14.9 Å². The van der Waals surface area contributed by atoms with Gasteiger partial charge in [0.1, 0.15) is 5.82 Å². The number of hydrogen-bond acceptors (Lipinski definition) is 3. The van der Waals surface area contributed by atoms with E-state index in [-0.39, 0.29) is 11.8 Å². The molecule has 0 bridgehead atoms. The molecule has 1 unspecified atom stereocenters. The van der Waals surface area contributed by atoms with Crippen LogP contribution in [0.4, 0.5) is 5.69 Å². The van der Waals surface area contributed by atoms with Gasteiger partial charge in [-0.05, 0) is 43.4 Å². The lowest BCUT2D eigenvalue weighted by atomic mass is 10.1. The molecule has 3 aromatic rings. The lowest BCUT2D eigenvalue weighted by Crippen LogP contribution is -2.28. The van der Waals surface area contributed by atoms with Gasteiger partial charge in [0.25, 0.3) is 0 Å². The molecule has 1 heterocycles. The fraction of sp³-hybridized carbons (Fsp3) is 0.263. The molecule has 0 spiro atoms. The molecule has 0 aliphatic carbocycles. The number of hydrogen-bond donors (Lipinski definition) is 2. The zero-order valence-corrected chi connectivity index (χ0v) is 14.2. The highest BCUT2D eigenvalue weighted by Gasteiger charge is 2.13. The third-order valence-electron chi connectivity index (χ3n) is 4.16. The number of aromatic nitrogens is 2. The van der Waals surface area contributed by atoms with Gasteiger partial charge in [0.2, 0.25) is 5.91 Å². The van der Waals surface area contributed by atoms with E-state index in [9.17, 15) is 4.79 Å². The standard InChI is InChI=1S/C19H22N4O/c1-13(12-20-2)19(24)21-15-10-8-14(9-11-15)18-22-16-6-4-5-7-17(16)23(18)3/h4-11,13,20H,12H2,1-3H3,(H,21,24). The van der Waals surface area contributed by atoms with Gasteiger partial charge < -0.3 is 15.2 Å². The molecule has 1 amide bonds. The maximum absolute atomic E-state index is 12.1. The Morgan fingerprint density at radius 3 is 2.54 bits per heavy atom. The summed E-state index contributed by atoms with van der Waals surface area (Å²) in [7, 11) is 3.86. The minimum atomic E-state index is -0.0745. The van der Waals surface area contributed by atoms with Crippen molar-refractivity contribution in [2.75, 3.05) is 18.9 Å². The number of aryl methyl sites for hydroxylation is 1. The Morgan fingerprint density at radius 1 is 1.17 bits per heavy atom. The minimum Gasteiger partial charge on any atom is -0.327 e. The fourth-order valence-electron chi connectivity index (χ4n) is 2.77. The largest absolute Gasteiger partial charge is 0.327 e. The summed E-state index contributed by atoms with van der Waals surface area (Å²) >= 11 is 0. The molecule has 3 rings (SSSR count). The van der Waals surface area contributed by atoms with Crippen LogP contribution in [0.15, 0.2) is 48.5 Å². The molecule has 1 atom stereocenters. The van der Waals surface area contributed by atoms with E-state index in [0.29, 0.717) is 6.54 Å². The zero-order valence-electron chi connectivity index (χ0n) is 14.2. The highest BCUT2D eigenvalue weighted by molar-refractivity contribution is 5.92. The fourth-order valence-corrected chi connectivity index (χ4v) is 2.77. The van der Waals surface area contributed by atoms with Crippen molar-refractivity contribution in [3.63, 3.8) is 0 Å². The highest BCUT2D eigenvalue weighted by atomic mass is 16.1. The maximum atomic E-state index is 12.1. The molecule has 1 aromatic heterocycles. The number of benzene rings is 2. The number of para-hydroxylation sites is 2. The summed E-state index contributed by atoms with van der Waals surface area (Å²) in [4.78, 5) is 16.8. The summed E-state index contributed by atoms with van der Waals surface area (Å²) in [6.45, 7) is 2.56. The molecule has 2 N–H and O–H groups in total. The van der Waals surface area contributed by atoms with Gasteiger partial charge in [-0.25, -0.2) is 4.98 Å². The monoisotopic (exact) mass is 322 g/mol. The first-order chi connectivity index (χ1) is 11.6. The van der Waals surface area contributed by atoms with E-state index < -0.39 is 0 Å². The number of carbonyl (C=O) groups excluding carboxylic acids is 1. The maximum Gasteiger partial charge on any atom is 0.228 e. The molecule has 124 valence electrons. The number of carbonyl (C=O) groups is 1. The van der Waals surface area contributed by atoms with Gasteiger partial charge in [-0.3, -0.25) is 4.79 Å². The summed E-state index contributed by atoms with van der Waals surface area (Å²) in [5, 5.41) is 5.95. The molecule has 5 nitrogen and oxygen atoms in total. The number of nitrogens with zero attached hydrogens (tertiary/aromatic N) is 2. The van der Waals surface area contributed by atoms with Crippen LogP contribution in [0.5, 0.6) is 0 Å². The molecule has 24 heavy (non-hydrogen) atoms. The molecule has 0 fully saturated rings. The van der Waals surface area contributed by atoms with Crippen LogP contribution in [0.25, 0.3) is 22.4 Å². The van der Waals surface area contributed by atoms with Crippen LogP contribution in [-0.2, 0) is 11.8 Å².